The van der Waals surface area contributed by atoms with Gasteiger partial charge in [0.1, 0.15) is 0 Å². The van der Waals surface area contributed by atoms with Crippen LogP contribution >= 0.6 is 0 Å². The number of rotatable bonds is 73. The van der Waals surface area contributed by atoms with Crippen LogP contribution in [0.15, 0.2) is 48.0 Å². The molecule has 2 aromatic rings. The Hall–Kier alpha value is -2.87. The Balaban J connectivity index is 0.00000519. The zero-order valence-corrected chi connectivity index (χ0v) is 74.2. The van der Waals surface area contributed by atoms with E-state index in [2.05, 4.69) is 128 Å². The van der Waals surface area contributed by atoms with Crippen molar-refractivity contribution < 1.29 is 21.2 Å². The summed E-state index contributed by atoms with van der Waals surface area (Å²) in [7, 11) is 0. The van der Waals surface area contributed by atoms with Crippen LogP contribution in [-0.2, 0) is 29.3 Å². The molecule has 3 rings (SSSR count). The van der Waals surface area contributed by atoms with E-state index in [0.29, 0.717) is 0 Å². The fourth-order valence-corrected chi connectivity index (χ4v) is 15.5. The van der Waals surface area contributed by atoms with Gasteiger partial charge in [0, 0.05) is 46.7 Å². The minimum absolute atomic E-state index is 0. The maximum Gasteiger partial charge on any atom is 2.00 e. The van der Waals surface area contributed by atoms with Gasteiger partial charge in [0.25, 0.3) is 0 Å². The molecule has 1 heterocycles. The van der Waals surface area contributed by atoms with E-state index in [4.69, 9.17) is 0 Å². The van der Waals surface area contributed by atoms with Crippen molar-refractivity contribution in [3.63, 3.8) is 0 Å². The predicted octanol–water partition coefficient (Wildman–Crippen LogP) is 36.5. The second-order valence-corrected chi connectivity index (χ2v) is 33.2. The van der Waals surface area contributed by atoms with Gasteiger partial charge in [-0.05, 0) is 92.8 Å². The maximum absolute atomic E-state index is 12.4. The molecule has 0 aliphatic carbocycles. The number of nitrogens with zero attached hydrogens (tertiary/aromatic N) is 2. The minimum atomic E-state index is 0. The van der Waals surface area contributed by atoms with Crippen molar-refractivity contribution in [1.29, 1.82) is 0 Å². The summed E-state index contributed by atoms with van der Waals surface area (Å²) in [6.45, 7) is 23.6. The molecule has 1 aliphatic heterocycles. The molecule has 2 aromatic carbocycles. The molecular formula is C104H182N2Ni. The SMILES string of the molecule is CCCCCCCCCCCCCCCCCCCCCCCCCCC#Cc1cc(C#CCCCCCCCCCCCCCCCCCCCCCCCCCC)cc(C2=CC(CCCCCC)=C(c3cc(CCCC)cc(CCCC)c3)[N+]2=[N-])c1.[CH2-]CCCCCCCC.[CH2-]CCCCCCCC.[Ni+2]. The standard InChI is InChI=1S/C86H144N2.2C9H19.Ni/c1-6-11-16-19-21-23-25-27-29-31-33-35-37-39-41-43-45-47-49-51-53-55-57-59-61-63-68-80-72-81(69-64-62-60-58-56-54-52-50-48-46-44-42-40-38-36-34-32-30-28-26-24-22-20-17-12-7-2)74-83(73-80)85-77-82(70-65-18-13-8-3)86(88(85)87)84-75-78(66-14-9-4)71-79(76-84)67-15-10-5;2*1-3-5-7-9-8-6-4-2;/h71-77H,6-62,65-67,70H2,1-5H3;2*1,3-9H2,2H3;/q;2*-1;+2. The van der Waals surface area contributed by atoms with Gasteiger partial charge in [-0.3, -0.25) is 0 Å². The maximum atomic E-state index is 12.4. The zero-order valence-electron chi connectivity index (χ0n) is 73.2. The van der Waals surface area contributed by atoms with E-state index in [-0.39, 0.29) is 16.5 Å². The van der Waals surface area contributed by atoms with Gasteiger partial charge in [0.15, 0.2) is 0 Å². The van der Waals surface area contributed by atoms with Crippen LogP contribution in [0.1, 0.15) is 551 Å². The number of hydrogen-bond donors (Lipinski definition) is 0. The summed E-state index contributed by atoms with van der Waals surface area (Å²) in [5, 5.41) is 0. The van der Waals surface area contributed by atoms with Gasteiger partial charge in [0.2, 0.25) is 11.4 Å². The summed E-state index contributed by atoms with van der Waals surface area (Å²) in [5.41, 5.74) is 22.5. The third kappa shape index (κ3) is 65.3. The molecule has 0 atom stereocenters. The smallest absolute Gasteiger partial charge is 0.493 e. The summed E-state index contributed by atoms with van der Waals surface area (Å²) in [4.78, 5) is 0. The molecule has 0 saturated carbocycles. The van der Waals surface area contributed by atoms with E-state index in [1.54, 1.807) is 0 Å². The number of unbranched alkanes of at least 4 members (excludes halogenated alkanes) is 65. The van der Waals surface area contributed by atoms with E-state index in [1.807, 2.05) is 0 Å². The third-order valence-electron chi connectivity index (χ3n) is 22.5. The first-order chi connectivity index (χ1) is 52.4. The molecule has 0 spiro atoms. The van der Waals surface area contributed by atoms with Crippen LogP contribution in [0.2, 0.25) is 0 Å². The molecular weight excluding hydrogens is 1340 g/mol. The molecule has 0 unspecified atom stereocenters. The predicted molar refractivity (Wildman–Crippen MR) is 480 cm³/mol. The molecule has 1 aliphatic rings. The quantitative estimate of drug-likeness (QED) is 0.0207. The van der Waals surface area contributed by atoms with Gasteiger partial charge in [-0.25, -0.2) is 4.70 Å². The van der Waals surface area contributed by atoms with Crippen LogP contribution in [0.25, 0.3) is 16.9 Å². The Morgan fingerprint density at radius 2 is 0.505 bits per heavy atom. The van der Waals surface area contributed by atoms with Gasteiger partial charge in [-0.1, -0.05) is 483 Å². The van der Waals surface area contributed by atoms with E-state index < -0.39 is 0 Å². The van der Waals surface area contributed by atoms with Crippen LogP contribution in [0.5, 0.6) is 0 Å². The Kier molecular flexibility index (Phi) is 81.8. The first kappa shape index (κ1) is 104. The largest absolute Gasteiger partial charge is 2.00 e. The average Bonchev–Trinajstić information content (AvgIpc) is 1.64. The van der Waals surface area contributed by atoms with Crippen molar-refractivity contribution >= 4 is 11.4 Å². The van der Waals surface area contributed by atoms with Gasteiger partial charge in [-0.15, -0.1) is 0 Å². The molecule has 2 nitrogen and oxygen atoms in total. The molecule has 0 amide bonds. The molecule has 0 radical (unpaired) electrons. The van der Waals surface area contributed by atoms with Gasteiger partial charge in [0.05, 0.1) is 0 Å². The second kappa shape index (κ2) is 84.1. The summed E-state index contributed by atoms with van der Waals surface area (Å²) in [5.74, 6) is 14.4. The van der Waals surface area contributed by atoms with Crippen LogP contribution in [-0.4, -0.2) is 4.70 Å². The number of allylic oxidation sites excluding steroid dienone is 2. The molecule has 0 fully saturated rings. The Bertz CT molecular complexity index is 2270. The van der Waals surface area contributed by atoms with Crippen molar-refractivity contribution in [3.05, 3.63) is 101 Å². The van der Waals surface area contributed by atoms with Crippen LogP contribution in [0.4, 0.5) is 0 Å². The molecule has 0 N–H and O–H groups in total. The summed E-state index contributed by atoms with van der Waals surface area (Å²) >= 11 is 0. The first-order valence-electron chi connectivity index (χ1n) is 48.2. The van der Waals surface area contributed by atoms with Crippen molar-refractivity contribution in [2.24, 2.45) is 0 Å². The summed E-state index contributed by atoms with van der Waals surface area (Å²) in [6, 6.07) is 13.8. The van der Waals surface area contributed by atoms with Crippen molar-refractivity contribution in [2.75, 3.05) is 0 Å². The van der Waals surface area contributed by atoms with Crippen LogP contribution < -0.4 is 0 Å². The fraction of sp³-hybridized carbons (Fsp3) is 0.788. The molecule has 0 aromatic heterocycles. The Morgan fingerprint density at radius 1 is 0.262 bits per heavy atom. The topological polar surface area (TPSA) is 25.3 Å². The van der Waals surface area contributed by atoms with Crippen LogP contribution in [0.3, 0.4) is 0 Å². The Morgan fingerprint density at radius 3 is 0.766 bits per heavy atom. The minimum Gasteiger partial charge on any atom is -0.493 e. The number of hydrogen-bond acceptors (Lipinski definition) is 0. The number of benzene rings is 2. The van der Waals surface area contributed by atoms with E-state index >= 15 is 0 Å². The van der Waals surface area contributed by atoms with Gasteiger partial charge in [-0.2, -0.15) is 12.8 Å². The first-order valence-corrected chi connectivity index (χ1v) is 48.2. The van der Waals surface area contributed by atoms with Gasteiger partial charge < -0.3 is 19.4 Å². The van der Waals surface area contributed by atoms with E-state index in [0.717, 1.165) is 85.0 Å². The van der Waals surface area contributed by atoms with Crippen LogP contribution in [0, 0.1) is 37.5 Å². The van der Waals surface area contributed by atoms with E-state index in [1.165, 1.54) is 452 Å². The monoisotopic (exact) mass is 1520 g/mol. The number of aryl methyl sites for hydroxylation is 2. The molecule has 618 valence electrons. The van der Waals surface area contributed by atoms with Crippen molar-refractivity contribution in [1.82, 2.24) is 0 Å². The molecule has 3 heteroatoms. The fourth-order valence-electron chi connectivity index (χ4n) is 15.5. The zero-order chi connectivity index (χ0) is 76.6. The average molecular weight is 1520 g/mol. The molecule has 0 bridgehead atoms. The summed E-state index contributed by atoms with van der Waals surface area (Å²) in [6.07, 6.45) is 104. The normalized spacial score (nSPS) is 11.8. The van der Waals surface area contributed by atoms with Crippen molar-refractivity contribution in [3.8, 4) is 23.7 Å². The molecule has 0 saturated heterocycles. The summed E-state index contributed by atoms with van der Waals surface area (Å²) < 4.78 is 1.53. The molecule has 107 heavy (non-hydrogen) atoms. The van der Waals surface area contributed by atoms with E-state index in [9.17, 15) is 5.53 Å². The Labute approximate surface area is 682 Å². The third-order valence-corrected chi connectivity index (χ3v) is 22.5. The van der Waals surface area contributed by atoms with Crippen molar-refractivity contribution in [2.45, 2.75) is 530 Å². The van der Waals surface area contributed by atoms with Gasteiger partial charge >= 0.3 is 16.5 Å². The second-order valence-electron chi connectivity index (χ2n) is 33.2.